The first-order chi connectivity index (χ1) is 21.1. The molecule has 0 radical (unpaired) electrons. The second kappa shape index (κ2) is 14.9. The first kappa shape index (κ1) is 34.9. The summed E-state index contributed by atoms with van der Waals surface area (Å²) in [4.78, 5) is 38.9. The van der Waals surface area contributed by atoms with Gasteiger partial charge in [0, 0.05) is 48.4 Å². The average Bonchev–Trinajstić information content (AvgIpc) is 3.42. The van der Waals surface area contributed by atoms with Gasteiger partial charge in [0.05, 0.1) is 23.2 Å². The molecule has 2 N–H and O–H groups in total. The van der Waals surface area contributed by atoms with Crippen LogP contribution in [-0.4, -0.2) is 77.0 Å². The summed E-state index contributed by atoms with van der Waals surface area (Å²) in [6.45, 7) is 7.43. The summed E-state index contributed by atoms with van der Waals surface area (Å²) in [5.74, 6) is -5.06. The number of carboxylic acid groups (broad SMARTS) is 2. The molecule has 0 spiro atoms. The number of piperidine rings is 1. The highest BCUT2D eigenvalue weighted by Crippen LogP contribution is 2.34. The highest BCUT2D eigenvalue weighted by Gasteiger charge is 2.39. The normalized spacial score (nSPS) is 14.3. The highest BCUT2D eigenvalue weighted by atomic mass is 19.4. The third kappa shape index (κ3) is 9.96. The predicted octanol–water partition coefficient (Wildman–Crippen LogP) is 6.12. The van der Waals surface area contributed by atoms with Crippen LogP contribution in [0.3, 0.4) is 0 Å². The molecule has 16 heteroatoms. The van der Waals surface area contributed by atoms with Gasteiger partial charge in [-0.3, -0.25) is 19.9 Å². The van der Waals surface area contributed by atoms with Gasteiger partial charge in [0.15, 0.2) is 0 Å². The lowest BCUT2D eigenvalue weighted by atomic mass is 9.92. The molecule has 242 valence electrons. The number of rotatable bonds is 5. The molecule has 1 aliphatic rings. The van der Waals surface area contributed by atoms with Crippen molar-refractivity contribution in [1.82, 2.24) is 29.4 Å². The van der Waals surface area contributed by atoms with Crippen molar-refractivity contribution >= 4 is 23.0 Å². The van der Waals surface area contributed by atoms with E-state index in [1.165, 1.54) is 5.69 Å². The third-order valence-corrected chi connectivity index (χ3v) is 6.68. The molecule has 0 atom stereocenters. The van der Waals surface area contributed by atoms with Gasteiger partial charge in [0.1, 0.15) is 5.52 Å². The summed E-state index contributed by atoms with van der Waals surface area (Å²) in [7, 11) is 0. The van der Waals surface area contributed by atoms with Crippen LogP contribution < -0.4 is 0 Å². The van der Waals surface area contributed by atoms with Crippen molar-refractivity contribution in [3.05, 3.63) is 72.7 Å². The van der Waals surface area contributed by atoms with E-state index in [1.807, 2.05) is 30.9 Å². The van der Waals surface area contributed by atoms with E-state index in [1.54, 1.807) is 6.20 Å². The number of pyridine rings is 3. The number of hydrogen-bond acceptors (Lipinski definition) is 7. The zero-order valence-electron chi connectivity index (χ0n) is 24.1. The van der Waals surface area contributed by atoms with Crippen LogP contribution in [0.2, 0.25) is 0 Å². The molecule has 1 saturated heterocycles. The van der Waals surface area contributed by atoms with Gasteiger partial charge < -0.3 is 14.8 Å². The van der Waals surface area contributed by atoms with Crippen molar-refractivity contribution in [3.63, 3.8) is 0 Å². The molecule has 5 heterocycles. The number of fused-ring (bicyclic) bond motifs is 1. The van der Waals surface area contributed by atoms with Crippen LogP contribution in [0.1, 0.15) is 50.0 Å². The minimum atomic E-state index is -5.08. The Bertz CT molecular complexity index is 1530. The van der Waals surface area contributed by atoms with Crippen LogP contribution >= 0.6 is 0 Å². The Hall–Kier alpha value is -4.60. The Kier molecular flexibility index (Phi) is 11.6. The fourth-order valence-electron chi connectivity index (χ4n) is 4.48. The summed E-state index contributed by atoms with van der Waals surface area (Å²) >= 11 is 0. The Labute approximate surface area is 253 Å². The number of alkyl halides is 6. The van der Waals surface area contributed by atoms with Gasteiger partial charge in [-0.25, -0.2) is 14.6 Å². The third-order valence-electron chi connectivity index (χ3n) is 6.68. The lowest BCUT2D eigenvalue weighted by Crippen LogP contribution is -2.33. The van der Waals surface area contributed by atoms with Crippen molar-refractivity contribution in [3.8, 4) is 11.3 Å². The molecule has 0 bridgehead atoms. The Morgan fingerprint density at radius 2 is 1.56 bits per heavy atom. The van der Waals surface area contributed by atoms with Gasteiger partial charge in [-0.15, -0.1) is 0 Å². The van der Waals surface area contributed by atoms with Crippen LogP contribution in [0.4, 0.5) is 26.3 Å². The fourth-order valence-corrected chi connectivity index (χ4v) is 4.48. The minimum absolute atomic E-state index is 0.349. The van der Waals surface area contributed by atoms with E-state index in [2.05, 4.69) is 57.5 Å². The van der Waals surface area contributed by atoms with Crippen LogP contribution in [0.15, 0.2) is 61.3 Å². The molecular weight excluding hydrogens is 610 g/mol. The van der Waals surface area contributed by atoms with E-state index in [9.17, 15) is 26.3 Å². The van der Waals surface area contributed by atoms with Crippen molar-refractivity contribution in [2.75, 3.05) is 13.1 Å². The average molecular weight is 641 g/mol. The van der Waals surface area contributed by atoms with Crippen molar-refractivity contribution in [2.45, 2.75) is 57.5 Å². The van der Waals surface area contributed by atoms with Crippen molar-refractivity contribution in [1.29, 1.82) is 0 Å². The quantitative estimate of drug-likeness (QED) is 0.248. The highest BCUT2D eigenvalue weighted by molar-refractivity contribution is 5.90. The molecule has 1 fully saturated rings. The monoisotopic (exact) mass is 640 g/mol. The number of imidazole rings is 1. The Morgan fingerprint density at radius 1 is 0.933 bits per heavy atom. The smallest absolute Gasteiger partial charge is 0.475 e. The van der Waals surface area contributed by atoms with E-state index >= 15 is 0 Å². The molecule has 0 unspecified atom stereocenters. The molecule has 10 nitrogen and oxygen atoms in total. The number of nitrogens with zero attached hydrogens (tertiary/aromatic N) is 6. The first-order valence-corrected chi connectivity index (χ1v) is 13.6. The van der Waals surface area contributed by atoms with E-state index in [-0.39, 0.29) is 0 Å². The number of aromatic nitrogens is 5. The largest absolute Gasteiger partial charge is 0.490 e. The van der Waals surface area contributed by atoms with Crippen LogP contribution in [0, 0.1) is 0 Å². The topological polar surface area (TPSA) is 134 Å². The first-order valence-electron chi connectivity index (χ1n) is 13.6. The van der Waals surface area contributed by atoms with E-state index in [0.717, 1.165) is 60.5 Å². The van der Waals surface area contributed by atoms with Crippen LogP contribution in [0.25, 0.3) is 22.3 Å². The summed E-state index contributed by atoms with van der Waals surface area (Å²) in [5.41, 5.74) is 6.39. The lowest BCUT2D eigenvalue weighted by molar-refractivity contribution is -0.193. The second-order valence-electron chi connectivity index (χ2n) is 10.2. The maximum Gasteiger partial charge on any atom is 0.490 e. The number of carbonyl (C=O) groups is 2. The zero-order chi connectivity index (χ0) is 33.4. The summed E-state index contributed by atoms with van der Waals surface area (Å²) in [5, 5.41) is 14.2. The van der Waals surface area contributed by atoms with E-state index in [0.29, 0.717) is 12.0 Å². The maximum absolute atomic E-state index is 10.6. The molecule has 45 heavy (non-hydrogen) atoms. The fraction of sp³-hybridized carbons (Fsp3) is 0.379. The second-order valence-corrected chi connectivity index (χ2v) is 10.2. The number of aliphatic carboxylic acids is 2. The molecule has 4 aromatic rings. The summed E-state index contributed by atoms with van der Waals surface area (Å²) in [6, 6.07) is 12.8. The molecule has 1 aliphatic heterocycles. The number of likely N-dealkylation sites (tertiary alicyclic amines) is 1. The number of hydrogen-bond donors (Lipinski definition) is 2. The van der Waals surface area contributed by atoms with Gasteiger partial charge in [0.25, 0.3) is 0 Å². The molecule has 0 aliphatic carbocycles. The molecule has 4 aromatic heterocycles. The van der Waals surface area contributed by atoms with Crippen molar-refractivity contribution in [2.24, 2.45) is 0 Å². The van der Waals surface area contributed by atoms with E-state index < -0.39 is 24.3 Å². The van der Waals surface area contributed by atoms with Gasteiger partial charge in [-0.05, 0) is 70.1 Å². The van der Waals surface area contributed by atoms with Gasteiger partial charge in [-0.1, -0.05) is 6.07 Å². The van der Waals surface area contributed by atoms with Gasteiger partial charge in [0.2, 0.25) is 0 Å². The predicted molar refractivity (Wildman–Crippen MR) is 150 cm³/mol. The standard InChI is InChI=1S/C25H28N6.2C2HF3O2/c1-18(2)31-17-28-25-23(31)14-22(29-24(25)20-6-5-10-26-15-20)19-8-12-30(13-9-19)16-21-7-3-4-11-27-21;2*3-2(4,5)1(6)7/h3-7,10-11,14-15,17-19H,8-9,12-13,16H2,1-2H3;2*(H,6,7). The Balaban J connectivity index is 0.000000331. The molecule has 0 amide bonds. The Morgan fingerprint density at radius 3 is 2.04 bits per heavy atom. The van der Waals surface area contributed by atoms with Gasteiger partial charge >= 0.3 is 24.3 Å². The SMILES string of the molecule is CC(C)n1cnc2c(-c3cccnc3)nc(C3CCN(Cc4ccccn4)CC3)cc21.O=C(O)C(F)(F)F.O=C(O)C(F)(F)F. The molecular formula is C29H30F6N6O4. The minimum Gasteiger partial charge on any atom is -0.475 e. The number of carboxylic acids is 2. The molecule has 0 saturated carbocycles. The lowest BCUT2D eigenvalue weighted by Gasteiger charge is -2.31. The maximum atomic E-state index is 10.6. The van der Waals surface area contributed by atoms with Gasteiger partial charge in [-0.2, -0.15) is 26.3 Å². The molecule has 0 aromatic carbocycles. The molecule has 5 rings (SSSR count). The van der Waals surface area contributed by atoms with Crippen molar-refractivity contribution < 1.29 is 46.1 Å². The van der Waals surface area contributed by atoms with E-state index in [4.69, 9.17) is 29.8 Å². The summed E-state index contributed by atoms with van der Waals surface area (Å²) in [6.07, 6.45) is -0.458. The summed E-state index contributed by atoms with van der Waals surface area (Å²) < 4.78 is 65.7. The van der Waals surface area contributed by atoms with Crippen LogP contribution in [0.5, 0.6) is 0 Å². The number of halogens is 6. The van der Waals surface area contributed by atoms with Crippen LogP contribution in [-0.2, 0) is 16.1 Å². The zero-order valence-corrected chi connectivity index (χ0v) is 24.1.